The van der Waals surface area contributed by atoms with E-state index < -0.39 is 5.97 Å². The van der Waals surface area contributed by atoms with Gasteiger partial charge in [-0.2, -0.15) is 0 Å². The van der Waals surface area contributed by atoms with E-state index in [1.165, 1.54) is 0 Å². The Kier molecular flexibility index (Phi) is 4.61. The van der Waals surface area contributed by atoms with Crippen molar-refractivity contribution in [2.45, 2.75) is 19.4 Å². The number of nitrogens with zero attached hydrogens (tertiary/aromatic N) is 2. The Bertz CT molecular complexity index is 768. The third-order valence-electron chi connectivity index (χ3n) is 3.51. The molecule has 0 aliphatic carbocycles. The summed E-state index contributed by atoms with van der Waals surface area (Å²) in [6.45, 7) is -0.480. The average molecular weight is 349 g/mol. The van der Waals surface area contributed by atoms with E-state index in [-0.39, 0.29) is 37.8 Å². The number of imide groups is 1. The van der Waals surface area contributed by atoms with Crippen LogP contribution in [0.2, 0.25) is 5.02 Å². The van der Waals surface area contributed by atoms with Crippen LogP contribution in [0.4, 0.5) is 0 Å². The molecule has 2 aromatic rings. The van der Waals surface area contributed by atoms with Crippen LogP contribution in [0.1, 0.15) is 18.5 Å². The lowest BCUT2D eigenvalue weighted by Gasteiger charge is -2.12. The number of aromatic nitrogens is 1. The number of rotatable bonds is 5. The first-order valence-corrected chi connectivity index (χ1v) is 7.61. The molecule has 0 atom stereocenters. The molecule has 1 aliphatic rings. The Balaban J connectivity index is 1.55. The lowest BCUT2D eigenvalue weighted by Crippen LogP contribution is -2.35. The molecule has 1 aliphatic heterocycles. The van der Waals surface area contributed by atoms with Crippen LogP contribution in [0.15, 0.2) is 34.9 Å². The molecular weight excluding hydrogens is 336 g/mol. The molecule has 7 nitrogen and oxygen atoms in total. The number of esters is 1. The van der Waals surface area contributed by atoms with E-state index in [9.17, 15) is 14.4 Å². The molecule has 24 heavy (non-hydrogen) atoms. The minimum absolute atomic E-state index is 0.105. The third-order valence-corrected chi connectivity index (χ3v) is 3.76. The van der Waals surface area contributed by atoms with Crippen LogP contribution in [0, 0.1) is 0 Å². The molecule has 1 aromatic heterocycles. The maximum atomic E-state index is 11.7. The topological polar surface area (TPSA) is 89.7 Å². The predicted molar refractivity (Wildman–Crippen MR) is 82.7 cm³/mol. The van der Waals surface area contributed by atoms with Crippen molar-refractivity contribution in [3.63, 3.8) is 0 Å². The summed E-state index contributed by atoms with van der Waals surface area (Å²) in [7, 11) is 0. The number of amides is 2. The number of halogens is 1. The Morgan fingerprint density at radius 2 is 1.88 bits per heavy atom. The first-order chi connectivity index (χ1) is 11.5. The van der Waals surface area contributed by atoms with Crippen molar-refractivity contribution in [2.24, 2.45) is 0 Å². The Morgan fingerprint density at radius 1 is 1.21 bits per heavy atom. The van der Waals surface area contributed by atoms with Gasteiger partial charge in [-0.1, -0.05) is 16.8 Å². The molecule has 0 spiro atoms. The number of carbonyl (C=O) groups is 3. The Labute approximate surface area is 142 Å². The van der Waals surface area contributed by atoms with Gasteiger partial charge in [0.15, 0.2) is 5.76 Å². The molecule has 1 fully saturated rings. The van der Waals surface area contributed by atoms with Crippen LogP contribution in [-0.2, 0) is 25.7 Å². The number of hydrogen-bond donors (Lipinski definition) is 0. The molecule has 8 heteroatoms. The lowest BCUT2D eigenvalue weighted by atomic mass is 10.2. The zero-order valence-electron chi connectivity index (χ0n) is 12.5. The molecule has 3 rings (SSSR count). The fourth-order valence-electron chi connectivity index (χ4n) is 2.26. The minimum Gasteiger partial charge on any atom is -0.458 e. The molecular formula is C16H13ClN2O5. The number of likely N-dealkylation sites (tertiary alicyclic amines) is 1. The van der Waals surface area contributed by atoms with E-state index in [4.69, 9.17) is 20.9 Å². The van der Waals surface area contributed by atoms with E-state index in [0.717, 1.165) is 10.5 Å². The number of ether oxygens (including phenoxy) is 1. The SMILES string of the molecule is O=C(CN1C(=O)CCC1=O)OCc1cc(-c2ccc(Cl)cc2)on1. The summed E-state index contributed by atoms with van der Waals surface area (Å²) < 4.78 is 10.2. The van der Waals surface area contributed by atoms with E-state index in [1.807, 2.05) is 0 Å². The smallest absolute Gasteiger partial charge is 0.326 e. The maximum Gasteiger partial charge on any atom is 0.326 e. The highest BCUT2D eigenvalue weighted by Gasteiger charge is 2.30. The third kappa shape index (κ3) is 3.62. The van der Waals surface area contributed by atoms with E-state index in [0.29, 0.717) is 16.5 Å². The van der Waals surface area contributed by atoms with Gasteiger partial charge in [-0.15, -0.1) is 0 Å². The van der Waals surface area contributed by atoms with Crippen LogP contribution in [0.5, 0.6) is 0 Å². The van der Waals surface area contributed by atoms with Gasteiger partial charge in [0.2, 0.25) is 11.8 Å². The fourth-order valence-corrected chi connectivity index (χ4v) is 2.38. The van der Waals surface area contributed by atoms with E-state index in [2.05, 4.69) is 5.16 Å². The van der Waals surface area contributed by atoms with Gasteiger partial charge in [-0.3, -0.25) is 19.3 Å². The molecule has 0 radical (unpaired) electrons. The quantitative estimate of drug-likeness (QED) is 0.607. The van der Waals surface area contributed by atoms with Crippen molar-refractivity contribution in [1.29, 1.82) is 0 Å². The minimum atomic E-state index is -0.672. The molecule has 0 unspecified atom stereocenters. The molecule has 0 N–H and O–H groups in total. The van der Waals surface area contributed by atoms with Crippen LogP contribution in [0.3, 0.4) is 0 Å². The first kappa shape index (κ1) is 16.2. The highest BCUT2D eigenvalue weighted by Crippen LogP contribution is 2.22. The van der Waals surface area contributed by atoms with Gasteiger partial charge in [0.25, 0.3) is 0 Å². The van der Waals surface area contributed by atoms with Crippen LogP contribution in [-0.4, -0.2) is 34.4 Å². The van der Waals surface area contributed by atoms with Gasteiger partial charge in [-0.25, -0.2) is 0 Å². The lowest BCUT2D eigenvalue weighted by molar-refractivity contribution is -0.153. The van der Waals surface area contributed by atoms with Gasteiger partial charge in [0.05, 0.1) is 0 Å². The predicted octanol–water partition coefficient (Wildman–Crippen LogP) is 2.19. The number of benzene rings is 1. The van der Waals surface area contributed by atoms with Gasteiger partial charge in [-0.05, 0) is 24.3 Å². The monoisotopic (exact) mass is 348 g/mol. The molecule has 2 heterocycles. The van der Waals surface area contributed by atoms with Crippen molar-refractivity contribution < 1.29 is 23.6 Å². The van der Waals surface area contributed by atoms with Crippen molar-refractivity contribution >= 4 is 29.4 Å². The average Bonchev–Trinajstić information content (AvgIpc) is 3.16. The molecule has 0 bridgehead atoms. The van der Waals surface area contributed by atoms with E-state index in [1.54, 1.807) is 30.3 Å². The summed E-state index contributed by atoms with van der Waals surface area (Å²) in [5, 5.41) is 4.43. The summed E-state index contributed by atoms with van der Waals surface area (Å²) in [4.78, 5) is 35.5. The van der Waals surface area contributed by atoms with Crippen LogP contribution >= 0.6 is 11.6 Å². The Morgan fingerprint density at radius 3 is 2.54 bits per heavy atom. The molecule has 2 amide bonds. The number of hydrogen-bond acceptors (Lipinski definition) is 6. The largest absolute Gasteiger partial charge is 0.458 e. The molecule has 1 aromatic carbocycles. The standard InChI is InChI=1S/C16H13ClN2O5/c17-11-3-1-10(2-4-11)13-7-12(18-24-13)9-23-16(22)8-19-14(20)5-6-15(19)21/h1-4,7H,5-6,8-9H2. The fraction of sp³-hybridized carbons (Fsp3) is 0.250. The van der Waals surface area contributed by atoms with Gasteiger partial charge in [0, 0.05) is 29.5 Å². The molecule has 0 saturated carbocycles. The molecule has 1 saturated heterocycles. The zero-order valence-corrected chi connectivity index (χ0v) is 13.3. The normalized spacial score (nSPS) is 14.3. The van der Waals surface area contributed by atoms with Gasteiger partial charge < -0.3 is 9.26 Å². The highest BCUT2D eigenvalue weighted by atomic mass is 35.5. The van der Waals surface area contributed by atoms with Crippen molar-refractivity contribution in [3.8, 4) is 11.3 Å². The van der Waals surface area contributed by atoms with Gasteiger partial charge >= 0.3 is 5.97 Å². The molecule has 124 valence electrons. The maximum absolute atomic E-state index is 11.7. The summed E-state index contributed by atoms with van der Waals surface area (Å²) in [5.41, 5.74) is 1.21. The van der Waals surface area contributed by atoms with Crippen molar-refractivity contribution in [3.05, 3.63) is 41.0 Å². The van der Waals surface area contributed by atoms with Crippen molar-refractivity contribution in [2.75, 3.05) is 6.54 Å². The number of carbonyl (C=O) groups excluding carboxylic acids is 3. The van der Waals surface area contributed by atoms with Gasteiger partial charge in [0.1, 0.15) is 18.8 Å². The summed E-state index contributed by atoms with van der Waals surface area (Å²) in [6.07, 6.45) is 0.277. The van der Waals surface area contributed by atoms with Crippen LogP contribution < -0.4 is 0 Å². The summed E-state index contributed by atoms with van der Waals surface area (Å²) >= 11 is 5.82. The van der Waals surface area contributed by atoms with E-state index >= 15 is 0 Å². The summed E-state index contributed by atoms with van der Waals surface area (Å²) in [5.74, 6) is -0.871. The highest BCUT2D eigenvalue weighted by molar-refractivity contribution is 6.30. The second-order valence-electron chi connectivity index (χ2n) is 5.22. The summed E-state index contributed by atoms with van der Waals surface area (Å²) in [6, 6.07) is 8.65. The van der Waals surface area contributed by atoms with Crippen molar-refractivity contribution in [1.82, 2.24) is 10.1 Å². The second-order valence-corrected chi connectivity index (χ2v) is 5.66. The van der Waals surface area contributed by atoms with Crippen LogP contribution in [0.25, 0.3) is 11.3 Å². The zero-order chi connectivity index (χ0) is 17.1. The Hall–Kier alpha value is -2.67. The second kappa shape index (κ2) is 6.84. The first-order valence-electron chi connectivity index (χ1n) is 7.23.